The molecule has 0 radical (unpaired) electrons. The van der Waals surface area contributed by atoms with Gasteiger partial charge in [0.15, 0.2) is 0 Å². The predicted molar refractivity (Wildman–Crippen MR) is 100 cm³/mol. The quantitative estimate of drug-likeness (QED) is 0.354. The molecule has 1 aliphatic carbocycles. The van der Waals surface area contributed by atoms with Crippen molar-refractivity contribution in [1.82, 2.24) is 0 Å². The van der Waals surface area contributed by atoms with E-state index in [1.165, 1.54) is 59.2 Å². The molecule has 0 amide bonds. The topological polar surface area (TPSA) is 0 Å². The molecule has 0 N–H and O–H groups in total. The zero-order valence-corrected chi connectivity index (χ0v) is 20.9. The van der Waals surface area contributed by atoms with E-state index in [1.807, 2.05) is 0 Å². The molecule has 1 fully saturated rings. The maximum atomic E-state index is 2.72. The Morgan fingerprint density at radius 1 is 0.450 bits per heavy atom. The Labute approximate surface area is 137 Å². The van der Waals surface area contributed by atoms with E-state index in [4.69, 9.17) is 0 Å². The van der Waals surface area contributed by atoms with Gasteiger partial charge in [-0.3, -0.25) is 0 Å². The molecule has 20 heavy (non-hydrogen) atoms. The molecule has 0 spiro atoms. The van der Waals surface area contributed by atoms with Crippen LogP contribution in [0.4, 0.5) is 0 Å². The van der Waals surface area contributed by atoms with Crippen LogP contribution in [-0.2, 0) is 0 Å². The van der Waals surface area contributed by atoms with E-state index in [-0.39, 0.29) is 0 Å². The van der Waals surface area contributed by atoms with Crippen molar-refractivity contribution in [2.75, 3.05) is 0 Å². The Kier molecular flexibility index (Phi) is 8.87. The van der Waals surface area contributed by atoms with Gasteiger partial charge in [0.2, 0.25) is 0 Å². The van der Waals surface area contributed by atoms with E-state index in [9.17, 15) is 0 Å². The summed E-state index contributed by atoms with van der Waals surface area (Å²) in [5, 5.41) is 0. The van der Waals surface area contributed by atoms with Gasteiger partial charge < -0.3 is 0 Å². The zero-order chi connectivity index (χ0) is 15.2. The molecule has 0 nitrogen and oxygen atoms in total. The van der Waals surface area contributed by atoms with Gasteiger partial charge in [-0.1, -0.05) is 0 Å². The van der Waals surface area contributed by atoms with Crippen molar-refractivity contribution in [3.8, 4) is 0 Å². The Balaban J connectivity index is 2.82. The maximum absolute atomic E-state index is 2.72. The van der Waals surface area contributed by atoms with Crippen LogP contribution in [0.25, 0.3) is 0 Å². The predicted octanol–water partition coefficient (Wildman–Crippen LogP) is 7.32. The summed E-state index contributed by atoms with van der Waals surface area (Å²) in [7, 11) is 0. The standard InChI is InChI=1S/C12H22.6CH3.2Sn/c1-2-4-6-8-10-12-11-9-7-5-3-1;;;;;;;;/h1-2H,3-12H2;6*1H3;;. The van der Waals surface area contributed by atoms with Crippen molar-refractivity contribution in [3.63, 3.8) is 0 Å². The van der Waals surface area contributed by atoms with Crippen LogP contribution >= 0.6 is 0 Å². The van der Waals surface area contributed by atoms with Crippen LogP contribution in [-0.4, -0.2) is 36.8 Å². The molecule has 120 valence electrons. The van der Waals surface area contributed by atoms with Gasteiger partial charge in [0.1, 0.15) is 0 Å². The normalized spacial score (nSPS) is 28.5. The van der Waals surface area contributed by atoms with Gasteiger partial charge in [0, 0.05) is 0 Å². The summed E-state index contributed by atoms with van der Waals surface area (Å²) >= 11 is -3.55. The van der Waals surface area contributed by atoms with Crippen molar-refractivity contribution in [1.29, 1.82) is 0 Å². The van der Waals surface area contributed by atoms with Crippen molar-refractivity contribution in [2.45, 2.75) is 102 Å². The molecule has 2 heteroatoms. The molecular weight excluding hydrogens is 454 g/mol. The summed E-state index contributed by atoms with van der Waals surface area (Å²) < 4.78 is 2.39. The first-order valence-electron chi connectivity index (χ1n) is 9.23. The summed E-state index contributed by atoms with van der Waals surface area (Å²) in [6.07, 6.45) is 15.3. The third kappa shape index (κ3) is 7.24. The van der Waals surface area contributed by atoms with E-state index < -0.39 is 36.8 Å². The minimum atomic E-state index is -1.77. The van der Waals surface area contributed by atoms with Gasteiger partial charge in [-0.2, -0.15) is 0 Å². The first-order chi connectivity index (χ1) is 9.23. The fourth-order valence-corrected chi connectivity index (χ4v) is 37.4. The van der Waals surface area contributed by atoms with E-state index in [2.05, 4.69) is 29.6 Å². The first kappa shape index (κ1) is 19.6. The minimum absolute atomic E-state index is 1.19. The number of rotatable bonds is 2. The van der Waals surface area contributed by atoms with Crippen LogP contribution in [0.5, 0.6) is 0 Å². The first-order valence-corrected chi connectivity index (χ1v) is 29.6. The second kappa shape index (κ2) is 9.03. The number of hydrogen-bond acceptors (Lipinski definition) is 0. The molecule has 0 aliphatic heterocycles. The second-order valence-corrected chi connectivity index (χ2v) is 40.6. The molecule has 0 bridgehead atoms. The van der Waals surface area contributed by atoms with E-state index in [1.54, 1.807) is 12.8 Å². The van der Waals surface area contributed by atoms with Crippen LogP contribution in [0.3, 0.4) is 0 Å². The van der Waals surface area contributed by atoms with Gasteiger partial charge in [0.05, 0.1) is 0 Å². The molecular formula is C18H40Sn2. The average Bonchev–Trinajstić information content (AvgIpc) is 2.26. The van der Waals surface area contributed by atoms with Gasteiger partial charge in [-0.15, -0.1) is 0 Å². The molecule has 1 saturated carbocycles. The summed E-state index contributed by atoms with van der Waals surface area (Å²) in [5.74, 6) is 0. The summed E-state index contributed by atoms with van der Waals surface area (Å²) in [6.45, 7) is 0. The summed E-state index contributed by atoms with van der Waals surface area (Å²) in [4.78, 5) is 16.3. The molecule has 0 aromatic heterocycles. The third-order valence-corrected chi connectivity index (χ3v) is 24.8. The second-order valence-electron chi connectivity index (χ2n) is 9.35. The van der Waals surface area contributed by atoms with Crippen LogP contribution < -0.4 is 0 Å². The molecule has 0 aromatic rings. The Morgan fingerprint density at radius 2 is 0.700 bits per heavy atom. The van der Waals surface area contributed by atoms with Crippen molar-refractivity contribution < 1.29 is 0 Å². The molecule has 2 unspecified atom stereocenters. The van der Waals surface area contributed by atoms with E-state index in [0.29, 0.717) is 0 Å². The monoisotopic (exact) mass is 496 g/mol. The number of hydrogen-bond donors (Lipinski definition) is 0. The van der Waals surface area contributed by atoms with Crippen molar-refractivity contribution >= 4 is 36.8 Å². The molecule has 0 aromatic carbocycles. The van der Waals surface area contributed by atoms with Gasteiger partial charge in [-0.25, -0.2) is 0 Å². The van der Waals surface area contributed by atoms with Crippen LogP contribution in [0.2, 0.25) is 37.5 Å². The van der Waals surface area contributed by atoms with Crippen LogP contribution in [0, 0.1) is 0 Å². The molecule has 0 saturated heterocycles. The van der Waals surface area contributed by atoms with Gasteiger partial charge in [0.25, 0.3) is 0 Å². The molecule has 2 atom stereocenters. The molecule has 1 aliphatic rings. The van der Waals surface area contributed by atoms with Crippen molar-refractivity contribution in [3.05, 3.63) is 0 Å². The zero-order valence-electron chi connectivity index (χ0n) is 15.2. The summed E-state index contributed by atoms with van der Waals surface area (Å²) in [6, 6.07) is 0. The van der Waals surface area contributed by atoms with E-state index >= 15 is 0 Å². The Bertz CT molecular complexity index is 232. The SMILES string of the molecule is [CH3][Sn]([CH3])([CH3])[CH]1CCCCCCCCCC[CH]1[Sn]([CH3])([CH3])[CH3]. The van der Waals surface area contributed by atoms with Crippen molar-refractivity contribution in [2.24, 2.45) is 0 Å². The third-order valence-electron chi connectivity index (χ3n) is 5.49. The van der Waals surface area contributed by atoms with E-state index in [0.717, 1.165) is 0 Å². The van der Waals surface area contributed by atoms with Crippen LogP contribution in [0.15, 0.2) is 0 Å². The fraction of sp³-hybridized carbons (Fsp3) is 1.00. The summed E-state index contributed by atoms with van der Waals surface area (Å²) in [5.41, 5.74) is 0. The Morgan fingerprint density at radius 3 is 0.950 bits per heavy atom. The van der Waals surface area contributed by atoms with Gasteiger partial charge >= 0.3 is 138 Å². The molecule has 1 rings (SSSR count). The van der Waals surface area contributed by atoms with Gasteiger partial charge in [-0.05, 0) is 0 Å². The van der Waals surface area contributed by atoms with Crippen LogP contribution in [0.1, 0.15) is 64.2 Å². The molecule has 0 heterocycles. The fourth-order valence-electron chi connectivity index (χ4n) is 4.26. The Hall–Kier alpha value is 1.60. The average molecular weight is 494 g/mol.